The van der Waals surface area contributed by atoms with Crippen LogP contribution in [0.3, 0.4) is 0 Å². The molecule has 0 heterocycles. The van der Waals surface area contributed by atoms with Crippen molar-refractivity contribution < 1.29 is 4.79 Å². The molecule has 0 saturated heterocycles. The van der Waals surface area contributed by atoms with E-state index in [2.05, 4.69) is 21.2 Å². The molecule has 2 aromatic carbocycles. The first-order valence-electron chi connectivity index (χ1n) is 6.04. The number of benzene rings is 2. The van der Waals surface area contributed by atoms with Gasteiger partial charge in [-0.15, -0.1) is 0 Å². The Morgan fingerprint density at radius 1 is 1.16 bits per heavy atom. The van der Waals surface area contributed by atoms with E-state index in [1.165, 1.54) is 0 Å². The van der Waals surface area contributed by atoms with Gasteiger partial charge in [-0.2, -0.15) is 0 Å². The Labute approximate surface area is 121 Å². The molecule has 0 aliphatic rings. The molecule has 0 aromatic heterocycles. The maximum atomic E-state index is 11.8. The van der Waals surface area contributed by atoms with E-state index < -0.39 is 0 Å². The van der Waals surface area contributed by atoms with Crippen LogP contribution < -0.4 is 11.1 Å². The van der Waals surface area contributed by atoms with E-state index in [4.69, 9.17) is 5.73 Å². The van der Waals surface area contributed by atoms with Crippen molar-refractivity contribution in [1.82, 2.24) is 0 Å². The summed E-state index contributed by atoms with van der Waals surface area (Å²) in [6.45, 7) is 0. The molecule has 0 atom stereocenters. The number of nitrogens with one attached hydrogen (secondary N) is 1. The lowest BCUT2D eigenvalue weighted by Crippen LogP contribution is -2.13. The van der Waals surface area contributed by atoms with E-state index in [9.17, 15) is 4.79 Å². The third-order valence-electron chi connectivity index (χ3n) is 2.77. The third kappa shape index (κ3) is 4.10. The van der Waals surface area contributed by atoms with Crippen LogP contribution in [0.5, 0.6) is 0 Å². The summed E-state index contributed by atoms with van der Waals surface area (Å²) in [5.41, 5.74) is 8.20. The zero-order valence-corrected chi connectivity index (χ0v) is 12.0. The van der Waals surface area contributed by atoms with Gasteiger partial charge >= 0.3 is 0 Å². The van der Waals surface area contributed by atoms with E-state index in [1.54, 1.807) is 12.1 Å². The lowest BCUT2D eigenvalue weighted by Gasteiger charge is -2.08. The Hall–Kier alpha value is -1.81. The van der Waals surface area contributed by atoms with Crippen molar-refractivity contribution in [2.45, 2.75) is 12.8 Å². The number of rotatable bonds is 4. The number of aryl methyl sites for hydroxylation is 1. The van der Waals surface area contributed by atoms with Gasteiger partial charge in [-0.1, -0.05) is 46.3 Å². The van der Waals surface area contributed by atoms with Gasteiger partial charge in [0.25, 0.3) is 0 Å². The van der Waals surface area contributed by atoms with Crippen molar-refractivity contribution in [3.8, 4) is 0 Å². The Morgan fingerprint density at radius 3 is 2.58 bits per heavy atom. The minimum absolute atomic E-state index is 0.0297. The molecule has 4 heteroatoms. The highest BCUT2D eigenvalue weighted by Crippen LogP contribution is 2.23. The highest BCUT2D eigenvalue weighted by Gasteiger charge is 2.05. The minimum atomic E-state index is -0.0297. The number of anilines is 2. The molecule has 0 saturated carbocycles. The molecule has 0 bridgehead atoms. The van der Waals surface area contributed by atoms with E-state index >= 15 is 0 Å². The first-order chi connectivity index (χ1) is 9.15. The smallest absolute Gasteiger partial charge is 0.224 e. The van der Waals surface area contributed by atoms with Crippen molar-refractivity contribution in [2.24, 2.45) is 0 Å². The second kappa shape index (κ2) is 6.38. The van der Waals surface area contributed by atoms with E-state index in [0.717, 1.165) is 16.5 Å². The average molecular weight is 319 g/mol. The zero-order valence-electron chi connectivity index (χ0n) is 10.4. The number of halogens is 1. The van der Waals surface area contributed by atoms with Crippen LogP contribution in [0.15, 0.2) is 53.0 Å². The lowest BCUT2D eigenvalue weighted by atomic mass is 10.1. The van der Waals surface area contributed by atoms with E-state index in [1.807, 2.05) is 36.4 Å². The number of amides is 1. The van der Waals surface area contributed by atoms with Crippen LogP contribution >= 0.6 is 15.9 Å². The fourth-order valence-electron chi connectivity index (χ4n) is 1.76. The predicted octanol–water partition coefficient (Wildman–Crippen LogP) is 3.60. The van der Waals surface area contributed by atoms with E-state index in [0.29, 0.717) is 17.8 Å². The van der Waals surface area contributed by atoms with Crippen LogP contribution in [0.4, 0.5) is 11.4 Å². The van der Waals surface area contributed by atoms with Crippen LogP contribution in [0.25, 0.3) is 0 Å². The van der Waals surface area contributed by atoms with E-state index in [-0.39, 0.29) is 5.91 Å². The molecule has 0 aliphatic heterocycles. The van der Waals surface area contributed by atoms with Crippen molar-refractivity contribution in [3.05, 3.63) is 58.6 Å². The van der Waals surface area contributed by atoms with Gasteiger partial charge in [0.1, 0.15) is 0 Å². The number of carbonyl (C=O) groups excluding carboxylic acids is 1. The molecule has 3 nitrogen and oxygen atoms in total. The molecule has 0 spiro atoms. The van der Waals surface area contributed by atoms with Gasteiger partial charge in [0.05, 0.1) is 11.4 Å². The first kappa shape index (κ1) is 13.6. The molecule has 0 unspecified atom stereocenters. The fourth-order valence-corrected chi connectivity index (χ4v) is 2.14. The minimum Gasteiger partial charge on any atom is -0.397 e. The predicted molar refractivity (Wildman–Crippen MR) is 81.9 cm³/mol. The Bertz CT molecular complexity index is 570. The molecular weight excluding hydrogens is 304 g/mol. The highest BCUT2D eigenvalue weighted by atomic mass is 79.9. The summed E-state index contributed by atoms with van der Waals surface area (Å²) < 4.78 is 0.896. The first-order valence-corrected chi connectivity index (χ1v) is 6.83. The van der Waals surface area contributed by atoms with Crippen LogP contribution in [-0.4, -0.2) is 5.91 Å². The second-order valence-electron chi connectivity index (χ2n) is 4.27. The number of nitrogens with two attached hydrogens (primary N) is 1. The maximum absolute atomic E-state index is 11.8. The normalized spacial score (nSPS) is 10.2. The van der Waals surface area contributed by atoms with Gasteiger partial charge < -0.3 is 11.1 Å². The van der Waals surface area contributed by atoms with Gasteiger partial charge in [0, 0.05) is 10.9 Å². The lowest BCUT2D eigenvalue weighted by molar-refractivity contribution is -0.116. The molecule has 0 aliphatic carbocycles. The largest absolute Gasteiger partial charge is 0.397 e. The van der Waals surface area contributed by atoms with Gasteiger partial charge in [-0.05, 0) is 30.2 Å². The SMILES string of the molecule is Nc1cc(Br)ccc1NC(=O)CCc1ccccc1. The van der Waals surface area contributed by atoms with Crippen molar-refractivity contribution in [2.75, 3.05) is 11.1 Å². The summed E-state index contributed by atoms with van der Waals surface area (Å²) in [7, 11) is 0. The van der Waals surface area contributed by atoms with Crippen LogP contribution in [0, 0.1) is 0 Å². The average Bonchev–Trinajstić information content (AvgIpc) is 2.41. The highest BCUT2D eigenvalue weighted by molar-refractivity contribution is 9.10. The second-order valence-corrected chi connectivity index (χ2v) is 5.18. The zero-order chi connectivity index (χ0) is 13.7. The van der Waals surface area contributed by atoms with Gasteiger partial charge in [-0.25, -0.2) is 0 Å². The molecule has 0 fully saturated rings. The summed E-state index contributed by atoms with van der Waals surface area (Å²) in [6.07, 6.45) is 1.17. The van der Waals surface area contributed by atoms with Crippen LogP contribution in [0.2, 0.25) is 0 Å². The maximum Gasteiger partial charge on any atom is 0.224 e. The number of carbonyl (C=O) groups is 1. The molecule has 3 N–H and O–H groups in total. The molecule has 0 radical (unpaired) electrons. The Kier molecular flexibility index (Phi) is 4.58. The summed E-state index contributed by atoms with van der Waals surface area (Å²) in [6, 6.07) is 15.4. The Morgan fingerprint density at radius 2 is 1.89 bits per heavy atom. The van der Waals surface area contributed by atoms with Crippen molar-refractivity contribution in [3.63, 3.8) is 0 Å². The van der Waals surface area contributed by atoms with Crippen LogP contribution in [-0.2, 0) is 11.2 Å². The monoisotopic (exact) mass is 318 g/mol. The van der Waals surface area contributed by atoms with Crippen molar-refractivity contribution >= 4 is 33.2 Å². The molecule has 98 valence electrons. The summed E-state index contributed by atoms with van der Waals surface area (Å²) in [5.74, 6) is -0.0297. The topological polar surface area (TPSA) is 55.1 Å². The fraction of sp³-hybridized carbons (Fsp3) is 0.133. The molecule has 1 amide bonds. The number of hydrogen-bond acceptors (Lipinski definition) is 2. The van der Waals surface area contributed by atoms with Gasteiger partial charge in [-0.3, -0.25) is 4.79 Å². The van der Waals surface area contributed by atoms with Crippen molar-refractivity contribution in [1.29, 1.82) is 0 Å². The van der Waals surface area contributed by atoms with Gasteiger partial charge in [0.2, 0.25) is 5.91 Å². The van der Waals surface area contributed by atoms with Crippen LogP contribution in [0.1, 0.15) is 12.0 Å². The summed E-state index contributed by atoms with van der Waals surface area (Å²) >= 11 is 3.33. The molecule has 2 rings (SSSR count). The Balaban J connectivity index is 1.91. The number of hydrogen-bond donors (Lipinski definition) is 2. The van der Waals surface area contributed by atoms with Gasteiger partial charge in [0.15, 0.2) is 0 Å². The molecule has 2 aromatic rings. The summed E-state index contributed by atoms with van der Waals surface area (Å²) in [5, 5.41) is 2.82. The summed E-state index contributed by atoms with van der Waals surface area (Å²) in [4.78, 5) is 11.8. The quantitative estimate of drug-likeness (QED) is 0.846. The standard InChI is InChI=1S/C15H15BrN2O/c16-12-7-8-14(13(17)10-12)18-15(19)9-6-11-4-2-1-3-5-11/h1-5,7-8,10H,6,9,17H2,(H,18,19). The molecule has 19 heavy (non-hydrogen) atoms. The third-order valence-corrected chi connectivity index (χ3v) is 3.26. The molecular formula is C15H15BrN2O. The number of nitrogen functional groups attached to an aromatic ring is 1.